The van der Waals surface area contributed by atoms with Crippen LogP contribution in [-0.4, -0.2) is 48.4 Å². The lowest BCUT2D eigenvalue weighted by molar-refractivity contribution is -0.137. The zero-order valence-electron chi connectivity index (χ0n) is 10.1. The number of aliphatic hydroxyl groups is 1. The van der Waals surface area contributed by atoms with Gasteiger partial charge in [0.25, 0.3) is 0 Å². The van der Waals surface area contributed by atoms with Crippen LogP contribution in [0.5, 0.6) is 0 Å². The highest BCUT2D eigenvalue weighted by atomic mass is 32.2. The van der Waals surface area contributed by atoms with Crippen molar-refractivity contribution in [2.24, 2.45) is 0 Å². The fourth-order valence-electron chi connectivity index (χ4n) is 1.17. The second-order valence-electron chi connectivity index (χ2n) is 3.31. The Bertz CT molecular complexity index is 217. The summed E-state index contributed by atoms with van der Waals surface area (Å²) in [6.45, 7) is 4.92. The van der Waals surface area contributed by atoms with Gasteiger partial charge in [0.05, 0.1) is 13.2 Å². The predicted molar refractivity (Wildman–Crippen MR) is 67.6 cm³/mol. The van der Waals surface area contributed by atoms with Gasteiger partial charge in [-0.15, -0.1) is 0 Å². The number of rotatable bonds is 8. The molecule has 0 saturated heterocycles. The maximum Gasteiger partial charge on any atom is 0.330 e. The molecular weight excluding hydrogens is 226 g/mol. The van der Waals surface area contributed by atoms with Gasteiger partial charge < -0.3 is 15.2 Å². The number of ether oxygens (including phenoxy) is 1. The highest BCUT2D eigenvalue weighted by Gasteiger charge is 2.13. The van der Waals surface area contributed by atoms with Crippen LogP contribution in [0.25, 0.3) is 0 Å². The zero-order valence-corrected chi connectivity index (χ0v) is 10.9. The van der Waals surface area contributed by atoms with E-state index in [4.69, 9.17) is 9.84 Å². The van der Waals surface area contributed by atoms with E-state index in [9.17, 15) is 4.79 Å². The van der Waals surface area contributed by atoms with Crippen LogP contribution in [0.3, 0.4) is 0 Å². The Morgan fingerprint density at radius 2 is 2.31 bits per heavy atom. The topological polar surface area (TPSA) is 58.6 Å². The van der Waals surface area contributed by atoms with Crippen LogP contribution < -0.4 is 5.32 Å². The first-order valence-electron chi connectivity index (χ1n) is 5.36. The molecule has 16 heavy (non-hydrogen) atoms. The molecule has 0 bridgehead atoms. The van der Waals surface area contributed by atoms with Gasteiger partial charge >= 0.3 is 5.97 Å². The molecule has 0 aliphatic carbocycles. The Balaban J connectivity index is 3.76. The molecule has 2 N–H and O–H groups in total. The fraction of sp³-hybridized carbons (Fsp3) is 0.727. The van der Waals surface area contributed by atoms with Crippen molar-refractivity contribution in [3.63, 3.8) is 0 Å². The van der Waals surface area contributed by atoms with Gasteiger partial charge in [-0.3, -0.25) is 0 Å². The molecule has 0 fully saturated rings. The number of thioether (sulfide) groups is 1. The molecule has 0 heterocycles. The molecular formula is C11H21NO3S. The number of hydrogen-bond acceptors (Lipinski definition) is 5. The standard InChI is InChI=1S/C11H21NO3S/c1-4-15-11(14)6-5-7-12-9(2)10(8-13)16-3/h5-6,9-10,12-13H,4,7-8H2,1-3H3/b6-5+. The van der Waals surface area contributed by atoms with Crippen LogP contribution in [0.1, 0.15) is 13.8 Å². The molecule has 0 saturated carbocycles. The van der Waals surface area contributed by atoms with Crippen molar-refractivity contribution >= 4 is 17.7 Å². The maximum atomic E-state index is 11.0. The number of nitrogens with one attached hydrogen (secondary N) is 1. The summed E-state index contributed by atoms with van der Waals surface area (Å²) < 4.78 is 4.74. The molecule has 0 spiro atoms. The Kier molecular flexibility index (Phi) is 9.37. The van der Waals surface area contributed by atoms with Crippen molar-refractivity contribution in [1.29, 1.82) is 0 Å². The van der Waals surface area contributed by atoms with E-state index in [1.165, 1.54) is 6.08 Å². The quantitative estimate of drug-likeness (QED) is 0.491. The summed E-state index contributed by atoms with van der Waals surface area (Å²) in [5.74, 6) is -0.319. The van der Waals surface area contributed by atoms with Crippen molar-refractivity contribution < 1.29 is 14.6 Å². The summed E-state index contributed by atoms with van der Waals surface area (Å²) in [7, 11) is 0. The van der Waals surface area contributed by atoms with Crippen molar-refractivity contribution in [3.05, 3.63) is 12.2 Å². The van der Waals surface area contributed by atoms with E-state index in [2.05, 4.69) is 5.32 Å². The third kappa shape index (κ3) is 6.87. The molecule has 0 aromatic heterocycles. The van der Waals surface area contributed by atoms with Gasteiger partial charge in [0, 0.05) is 23.9 Å². The Morgan fingerprint density at radius 3 is 2.81 bits per heavy atom. The predicted octanol–water partition coefficient (Wildman–Crippen LogP) is 0.808. The van der Waals surface area contributed by atoms with E-state index in [0.29, 0.717) is 13.2 Å². The highest BCUT2D eigenvalue weighted by molar-refractivity contribution is 7.99. The van der Waals surface area contributed by atoms with Gasteiger partial charge in [-0.25, -0.2) is 4.79 Å². The molecule has 2 atom stereocenters. The lowest BCUT2D eigenvalue weighted by Gasteiger charge is -2.20. The smallest absolute Gasteiger partial charge is 0.330 e. The fourth-order valence-corrected chi connectivity index (χ4v) is 1.82. The van der Waals surface area contributed by atoms with Crippen LogP contribution in [0.15, 0.2) is 12.2 Å². The second kappa shape index (κ2) is 9.69. The minimum Gasteiger partial charge on any atom is -0.463 e. The number of aliphatic hydroxyl groups excluding tert-OH is 1. The SMILES string of the molecule is CCOC(=O)/C=C/CNC(C)C(CO)SC. The second-order valence-corrected chi connectivity index (χ2v) is 4.38. The summed E-state index contributed by atoms with van der Waals surface area (Å²) in [5.41, 5.74) is 0. The largest absolute Gasteiger partial charge is 0.463 e. The molecule has 4 nitrogen and oxygen atoms in total. The van der Waals surface area contributed by atoms with Gasteiger partial charge in [0.1, 0.15) is 0 Å². The van der Waals surface area contributed by atoms with E-state index in [1.807, 2.05) is 13.2 Å². The van der Waals surface area contributed by atoms with Gasteiger partial charge in [-0.05, 0) is 20.1 Å². The molecule has 0 aromatic carbocycles. The van der Waals surface area contributed by atoms with Gasteiger partial charge in [0.15, 0.2) is 0 Å². The number of carbonyl (C=O) groups is 1. The van der Waals surface area contributed by atoms with Crippen molar-refractivity contribution in [3.8, 4) is 0 Å². The van der Waals surface area contributed by atoms with Crippen molar-refractivity contribution in [2.45, 2.75) is 25.1 Å². The van der Waals surface area contributed by atoms with Crippen LogP contribution in [-0.2, 0) is 9.53 Å². The first-order chi connectivity index (χ1) is 7.65. The van der Waals surface area contributed by atoms with Crippen molar-refractivity contribution in [1.82, 2.24) is 5.32 Å². The highest BCUT2D eigenvalue weighted by Crippen LogP contribution is 2.09. The normalized spacial score (nSPS) is 15.0. The third-order valence-corrected chi connectivity index (χ3v) is 3.30. The average molecular weight is 247 g/mol. The Labute approximate surface area is 101 Å². The minimum absolute atomic E-state index is 0.150. The van der Waals surface area contributed by atoms with E-state index in [1.54, 1.807) is 24.8 Å². The van der Waals surface area contributed by atoms with Crippen LogP contribution >= 0.6 is 11.8 Å². The molecule has 0 radical (unpaired) electrons. The van der Waals surface area contributed by atoms with E-state index in [0.717, 1.165) is 0 Å². The first kappa shape index (κ1) is 15.5. The summed E-state index contributed by atoms with van der Waals surface area (Å²) in [6.07, 6.45) is 5.10. The maximum absolute atomic E-state index is 11.0. The lowest BCUT2D eigenvalue weighted by Crippen LogP contribution is -2.37. The van der Waals surface area contributed by atoms with E-state index >= 15 is 0 Å². The molecule has 5 heteroatoms. The molecule has 94 valence electrons. The summed E-state index contributed by atoms with van der Waals surface area (Å²) in [6, 6.07) is 0.201. The van der Waals surface area contributed by atoms with E-state index < -0.39 is 0 Å². The molecule has 0 aliphatic rings. The van der Waals surface area contributed by atoms with E-state index in [-0.39, 0.29) is 23.9 Å². The van der Waals surface area contributed by atoms with Gasteiger partial charge in [0.2, 0.25) is 0 Å². The molecule has 0 amide bonds. The first-order valence-corrected chi connectivity index (χ1v) is 6.64. The van der Waals surface area contributed by atoms with Gasteiger partial charge in [-0.2, -0.15) is 11.8 Å². The van der Waals surface area contributed by atoms with Gasteiger partial charge in [-0.1, -0.05) is 6.08 Å². The average Bonchev–Trinajstić information content (AvgIpc) is 2.26. The summed E-state index contributed by atoms with van der Waals surface area (Å²) >= 11 is 1.62. The summed E-state index contributed by atoms with van der Waals surface area (Å²) in [4.78, 5) is 11.0. The number of carbonyl (C=O) groups excluding carboxylic acids is 1. The van der Waals surface area contributed by atoms with Crippen LogP contribution in [0.4, 0.5) is 0 Å². The monoisotopic (exact) mass is 247 g/mol. The van der Waals surface area contributed by atoms with Crippen LogP contribution in [0.2, 0.25) is 0 Å². The van der Waals surface area contributed by atoms with Crippen LogP contribution in [0, 0.1) is 0 Å². The third-order valence-electron chi connectivity index (χ3n) is 2.14. The zero-order chi connectivity index (χ0) is 12.4. The Hall–Kier alpha value is -0.520. The Morgan fingerprint density at radius 1 is 1.62 bits per heavy atom. The molecule has 2 unspecified atom stereocenters. The van der Waals surface area contributed by atoms with Crippen molar-refractivity contribution in [2.75, 3.05) is 26.0 Å². The number of hydrogen-bond donors (Lipinski definition) is 2. The lowest BCUT2D eigenvalue weighted by atomic mass is 10.2. The minimum atomic E-state index is -0.319. The molecule has 0 rings (SSSR count). The summed E-state index contributed by atoms with van der Waals surface area (Å²) in [5, 5.41) is 12.4. The molecule has 0 aliphatic heterocycles. The number of esters is 1. The molecule has 0 aromatic rings.